The standard InChI is InChI=1S/C14H13BrClNO3/c1-17(14(18)12-5-7-20-13(12)15)6-8-19-11-4-2-3-10(16)9-11/h2-5,7,9H,6,8H2,1H3. The van der Waals surface area contributed by atoms with Crippen LogP contribution in [0, 0.1) is 0 Å². The Labute approximate surface area is 130 Å². The third-order valence-corrected chi connectivity index (χ3v) is 3.54. The lowest BCUT2D eigenvalue weighted by molar-refractivity contribution is 0.0772. The first-order valence-electron chi connectivity index (χ1n) is 5.95. The molecule has 0 N–H and O–H groups in total. The maximum atomic E-state index is 12.1. The number of carbonyl (C=O) groups is 1. The van der Waals surface area contributed by atoms with E-state index in [0.717, 1.165) is 0 Å². The maximum Gasteiger partial charge on any atom is 0.258 e. The molecule has 1 aromatic carbocycles. The fourth-order valence-corrected chi connectivity index (χ4v) is 2.20. The van der Waals surface area contributed by atoms with Gasteiger partial charge in [0.25, 0.3) is 5.91 Å². The Morgan fingerprint density at radius 3 is 2.90 bits per heavy atom. The minimum atomic E-state index is -0.125. The summed E-state index contributed by atoms with van der Waals surface area (Å²) in [6.07, 6.45) is 1.47. The van der Waals surface area contributed by atoms with Crippen molar-refractivity contribution in [3.8, 4) is 5.75 Å². The van der Waals surface area contributed by atoms with E-state index in [1.54, 1.807) is 30.1 Å². The molecule has 0 aliphatic carbocycles. The number of ether oxygens (including phenoxy) is 1. The largest absolute Gasteiger partial charge is 0.492 e. The molecule has 0 radical (unpaired) electrons. The van der Waals surface area contributed by atoms with E-state index in [-0.39, 0.29) is 5.91 Å². The van der Waals surface area contributed by atoms with Gasteiger partial charge in [0.05, 0.1) is 18.4 Å². The Kier molecular flexibility index (Phi) is 5.09. The maximum absolute atomic E-state index is 12.1. The Morgan fingerprint density at radius 2 is 2.25 bits per heavy atom. The molecule has 0 aliphatic rings. The summed E-state index contributed by atoms with van der Waals surface area (Å²) in [5.41, 5.74) is 0.496. The molecule has 0 atom stereocenters. The number of nitrogens with zero attached hydrogens (tertiary/aromatic N) is 1. The number of carbonyl (C=O) groups excluding carboxylic acids is 1. The fourth-order valence-electron chi connectivity index (χ4n) is 1.61. The van der Waals surface area contributed by atoms with E-state index < -0.39 is 0 Å². The van der Waals surface area contributed by atoms with E-state index in [1.807, 2.05) is 12.1 Å². The zero-order valence-corrected chi connectivity index (χ0v) is 13.1. The first-order valence-corrected chi connectivity index (χ1v) is 7.12. The van der Waals surface area contributed by atoms with Crippen molar-refractivity contribution in [1.82, 2.24) is 4.90 Å². The average Bonchev–Trinajstić information content (AvgIpc) is 2.84. The highest BCUT2D eigenvalue weighted by atomic mass is 79.9. The van der Waals surface area contributed by atoms with Gasteiger partial charge in [-0.15, -0.1) is 0 Å². The van der Waals surface area contributed by atoms with Gasteiger partial charge in [-0.3, -0.25) is 4.79 Å². The number of rotatable bonds is 5. The molecule has 0 fully saturated rings. The Balaban J connectivity index is 1.85. The van der Waals surface area contributed by atoms with Crippen LogP contribution in [-0.4, -0.2) is 31.0 Å². The van der Waals surface area contributed by atoms with Crippen molar-refractivity contribution in [2.75, 3.05) is 20.2 Å². The minimum Gasteiger partial charge on any atom is -0.492 e. The van der Waals surface area contributed by atoms with Gasteiger partial charge >= 0.3 is 0 Å². The van der Waals surface area contributed by atoms with Crippen molar-refractivity contribution < 1.29 is 13.9 Å². The van der Waals surface area contributed by atoms with Crippen LogP contribution in [0.1, 0.15) is 10.4 Å². The summed E-state index contributed by atoms with van der Waals surface area (Å²) in [4.78, 5) is 13.7. The highest BCUT2D eigenvalue weighted by Crippen LogP contribution is 2.19. The lowest BCUT2D eigenvalue weighted by Gasteiger charge is -2.17. The monoisotopic (exact) mass is 357 g/mol. The summed E-state index contributed by atoms with van der Waals surface area (Å²) < 4.78 is 11.0. The summed E-state index contributed by atoms with van der Waals surface area (Å²) in [6, 6.07) is 8.77. The smallest absolute Gasteiger partial charge is 0.258 e. The van der Waals surface area contributed by atoms with Gasteiger partial charge < -0.3 is 14.1 Å². The Morgan fingerprint density at radius 1 is 1.45 bits per heavy atom. The molecule has 0 spiro atoms. The van der Waals surface area contributed by atoms with E-state index in [2.05, 4.69) is 15.9 Å². The number of amides is 1. The molecule has 6 heteroatoms. The molecule has 0 saturated carbocycles. The molecular formula is C14H13BrClNO3. The number of halogens is 2. The first kappa shape index (κ1) is 14.9. The molecule has 0 bridgehead atoms. The van der Waals surface area contributed by atoms with Gasteiger partial charge in [0.1, 0.15) is 12.4 Å². The highest BCUT2D eigenvalue weighted by Gasteiger charge is 2.16. The van der Waals surface area contributed by atoms with E-state index in [4.69, 9.17) is 20.8 Å². The van der Waals surface area contributed by atoms with Crippen molar-refractivity contribution in [3.05, 3.63) is 51.9 Å². The predicted octanol–water partition coefficient (Wildman–Crippen LogP) is 3.85. The minimum absolute atomic E-state index is 0.125. The van der Waals surface area contributed by atoms with Crippen LogP contribution in [0.25, 0.3) is 0 Å². The molecule has 106 valence electrons. The number of hydrogen-bond donors (Lipinski definition) is 0. The molecule has 1 heterocycles. The zero-order chi connectivity index (χ0) is 14.5. The quantitative estimate of drug-likeness (QED) is 0.815. The van der Waals surface area contributed by atoms with E-state index in [9.17, 15) is 4.79 Å². The van der Waals surface area contributed by atoms with Crippen LogP contribution in [0.4, 0.5) is 0 Å². The van der Waals surface area contributed by atoms with Crippen LogP contribution >= 0.6 is 27.5 Å². The zero-order valence-electron chi connectivity index (χ0n) is 10.8. The molecule has 0 aliphatic heterocycles. The van der Waals surface area contributed by atoms with Crippen LogP contribution < -0.4 is 4.74 Å². The summed E-state index contributed by atoms with van der Waals surface area (Å²) in [7, 11) is 1.71. The lowest BCUT2D eigenvalue weighted by atomic mass is 10.3. The van der Waals surface area contributed by atoms with Gasteiger partial charge in [-0.25, -0.2) is 0 Å². The average molecular weight is 359 g/mol. The van der Waals surface area contributed by atoms with Gasteiger partial charge in [0, 0.05) is 12.1 Å². The van der Waals surface area contributed by atoms with Crippen molar-refractivity contribution in [1.29, 1.82) is 0 Å². The van der Waals surface area contributed by atoms with Crippen LogP contribution in [0.3, 0.4) is 0 Å². The summed E-state index contributed by atoms with van der Waals surface area (Å²) in [5.74, 6) is 0.558. The third kappa shape index (κ3) is 3.77. The molecular weight excluding hydrogens is 346 g/mol. The summed E-state index contributed by atoms with van der Waals surface area (Å²) in [6.45, 7) is 0.848. The van der Waals surface area contributed by atoms with Crippen LogP contribution in [0.5, 0.6) is 5.75 Å². The molecule has 2 rings (SSSR count). The molecule has 1 amide bonds. The van der Waals surface area contributed by atoms with E-state index in [1.165, 1.54) is 6.26 Å². The topological polar surface area (TPSA) is 42.7 Å². The second-order valence-electron chi connectivity index (χ2n) is 4.14. The highest BCUT2D eigenvalue weighted by molar-refractivity contribution is 9.10. The van der Waals surface area contributed by atoms with Crippen LogP contribution in [-0.2, 0) is 0 Å². The van der Waals surface area contributed by atoms with Gasteiger partial charge in [0.2, 0.25) is 0 Å². The molecule has 20 heavy (non-hydrogen) atoms. The van der Waals surface area contributed by atoms with Gasteiger partial charge in [-0.1, -0.05) is 17.7 Å². The second kappa shape index (κ2) is 6.81. The first-order chi connectivity index (χ1) is 9.58. The normalized spacial score (nSPS) is 10.3. The van der Waals surface area contributed by atoms with Crippen molar-refractivity contribution in [2.45, 2.75) is 0 Å². The third-order valence-electron chi connectivity index (χ3n) is 2.69. The number of benzene rings is 1. The van der Waals surface area contributed by atoms with E-state index in [0.29, 0.717) is 34.2 Å². The van der Waals surface area contributed by atoms with Crippen LogP contribution in [0.15, 0.2) is 45.7 Å². The number of hydrogen-bond acceptors (Lipinski definition) is 3. The van der Waals surface area contributed by atoms with Gasteiger partial charge in [0.15, 0.2) is 4.67 Å². The molecule has 1 aromatic heterocycles. The molecule has 4 nitrogen and oxygen atoms in total. The lowest BCUT2D eigenvalue weighted by Crippen LogP contribution is -2.30. The van der Waals surface area contributed by atoms with Crippen LogP contribution in [0.2, 0.25) is 5.02 Å². The predicted molar refractivity (Wildman–Crippen MR) is 80.3 cm³/mol. The number of furan rings is 1. The molecule has 0 unspecified atom stereocenters. The van der Waals surface area contributed by atoms with Gasteiger partial charge in [-0.2, -0.15) is 0 Å². The van der Waals surface area contributed by atoms with Crippen molar-refractivity contribution >= 4 is 33.4 Å². The SMILES string of the molecule is CN(CCOc1cccc(Cl)c1)C(=O)c1ccoc1Br. The molecule has 2 aromatic rings. The summed E-state index contributed by atoms with van der Waals surface area (Å²) >= 11 is 9.05. The van der Waals surface area contributed by atoms with Crippen molar-refractivity contribution in [3.63, 3.8) is 0 Å². The van der Waals surface area contributed by atoms with E-state index >= 15 is 0 Å². The van der Waals surface area contributed by atoms with Crippen molar-refractivity contribution in [2.24, 2.45) is 0 Å². The summed E-state index contributed by atoms with van der Waals surface area (Å²) in [5, 5.41) is 0.620. The second-order valence-corrected chi connectivity index (χ2v) is 5.30. The number of likely N-dealkylation sites (N-methyl/N-ethyl adjacent to an activating group) is 1. The Hall–Kier alpha value is -1.46. The molecule has 0 saturated heterocycles. The Bertz CT molecular complexity index is 600. The fraction of sp³-hybridized carbons (Fsp3) is 0.214. The van der Waals surface area contributed by atoms with Gasteiger partial charge in [-0.05, 0) is 40.2 Å².